The topological polar surface area (TPSA) is 49.4 Å². The molecule has 1 aromatic carbocycles. The number of hydrogen-bond acceptors (Lipinski definition) is 2. The lowest BCUT2D eigenvalue weighted by atomic mass is 9.86. The van der Waals surface area contributed by atoms with Crippen molar-refractivity contribution >= 4 is 17.5 Å². The molecule has 0 bridgehead atoms. The van der Waals surface area contributed by atoms with Crippen LogP contribution in [0.1, 0.15) is 52.5 Å². The Labute approximate surface area is 151 Å². The summed E-state index contributed by atoms with van der Waals surface area (Å²) in [5.74, 6) is 0.447. The first-order chi connectivity index (χ1) is 11.8. The molecule has 1 saturated heterocycles. The molecule has 1 aromatic rings. The van der Waals surface area contributed by atoms with Gasteiger partial charge in [-0.25, -0.2) is 0 Å². The minimum absolute atomic E-state index is 0.0138. The fraction of sp³-hybridized carbons (Fsp3) is 0.619. The molecule has 0 spiro atoms. The van der Waals surface area contributed by atoms with Gasteiger partial charge < -0.3 is 10.2 Å². The van der Waals surface area contributed by atoms with Crippen LogP contribution >= 0.6 is 0 Å². The number of benzene rings is 1. The zero-order valence-corrected chi connectivity index (χ0v) is 15.8. The average molecular weight is 342 g/mol. The second-order valence-electron chi connectivity index (χ2n) is 8.77. The molecule has 4 heteroatoms. The maximum atomic E-state index is 12.6. The van der Waals surface area contributed by atoms with Crippen molar-refractivity contribution < 1.29 is 9.59 Å². The summed E-state index contributed by atoms with van der Waals surface area (Å²) in [5, 5.41) is 3.07. The summed E-state index contributed by atoms with van der Waals surface area (Å²) < 4.78 is 0. The van der Waals surface area contributed by atoms with Crippen LogP contribution in [-0.2, 0) is 15.0 Å². The number of likely N-dealkylation sites (tertiary alicyclic amines) is 1. The first kappa shape index (κ1) is 18.0. The molecule has 3 unspecified atom stereocenters. The normalized spacial score (nSPS) is 26.2. The molecule has 0 aromatic heterocycles. The number of nitrogens with zero attached hydrogens (tertiary/aromatic N) is 1. The average Bonchev–Trinajstić information content (AvgIpc) is 3.34. The summed E-state index contributed by atoms with van der Waals surface area (Å²) in [7, 11) is 0. The number of nitrogens with one attached hydrogen (secondary N) is 1. The molecule has 2 aliphatic rings. The highest BCUT2D eigenvalue weighted by Crippen LogP contribution is 2.42. The van der Waals surface area contributed by atoms with Gasteiger partial charge in [0.2, 0.25) is 11.8 Å². The minimum atomic E-state index is -0.169. The monoisotopic (exact) mass is 342 g/mol. The summed E-state index contributed by atoms with van der Waals surface area (Å²) in [6, 6.07) is 7.94. The summed E-state index contributed by atoms with van der Waals surface area (Å²) in [6.45, 7) is 10.3. The molecule has 1 aliphatic heterocycles. The van der Waals surface area contributed by atoms with Gasteiger partial charge >= 0.3 is 0 Å². The van der Waals surface area contributed by atoms with E-state index in [4.69, 9.17) is 0 Å². The van der Waals surface area contributed by atoms with Crippen molar-refractivity contribution in [2.24, 2.45) is 17.8 Å². The lowest BCUT2D eigenvalue weighted by Gasteiger charge is -2.31. The van der Waals surface area contributed by atoms with E-state index >= 15 is 0 Å². The second-order valence-corrected chi connectivity index (χ2v) is 8.77. The number of hydrogen-bond donors (Lipinski definition) is 1. The third-order valence-electron chi connectivity index (χ3n) is 5.41. The van der Waals surface area contributed by atoms with Crippen molar-refractivity contribution in [3.63, 3.8) is 0 Å². The molecular weight excluding hydrogens is 312 g/mol. The third-order valence-corrected chi connectivity index (χ3v) is 5.41. The van der Waals surface area contributed by atoms with Gasteiger partial charge in [-0.3, -0.25) is 9.59 Å². The number of carbonyl (C=O) groups is 2. The van der Waals surface area contributed by atoms with Gasteiger partial charge in [0.05, 0.1) is 11.8 Å². The van der Waals surface area contributed by atoms with E-state index in [1.165, 1.54) is 6.42 Å². The van der Waals surface area contributed by atoms with Crippen LogP contribution in [0.15, 0.2) is 24.3 Å². The van der Waals surface area contributed by atoms with Crippen LogP contribution in [0.25, 0.3) is 0 Å². The molecule has 3 atom stereocenters. The van der Waals surface area contributed by atoms with Crippen molar-refractivity contribution in [2.75, 3.05) is 18.4 Å². The fourth-order valence-corrected chi connectivity index (χ4v) is 3.85. The van der Waals surface area contributed by atoms with Crippen molar-refractivity contribution in [1.82, 2.24) is 4.90 Å². The van der Waals surface area contributed by atoms with Crippen molar-refractivity contribution in [1.29, 1.82) is 0 Å². The summed E-state index contributed by atoms with van der Waals surface area (Å²) in [5.41, 5.74) is 1.95. The Kier molecular flexibility index (Phi) is 4.90. The van der Waals surface area contributed by atoms with E-state index in [2.05, 4.69) is 39.1 Å². The highest BCUT2D eigenvalue weighted by molar-refractivity contribution is 6.00. The van der Waals surface area contributed by atoms with Gasteiger partial charge in [-0.15, -0.1) is 0 Å². The number of carbonyl (C=O) groups excluding carboxylic acids is 2. The van der Waals surface area contributed by atoms with E-state index in [1.807, 2.05) is 23.1 Å². The molecule has 4 nitrogen and oxygen atoms in total. The second kappa shape index (κ2) is 6.81. The van der Waals surface area contributed by atoms with Crippen molar-refractivity contribution in [2.45, 2.75) is 52.4 Å². The van der Waals surface area contributed by atoms with Crippen LogP contribution in [-0.4, -0.2) is 29.8 Å². The molecular formula is C21H30N2O2. The van der Waals surface area contributed by atoms with Crippen LogP contribution in [0.2, 0.25) is 0 Å². The Morgan fingerprint density at radius 1 is 1.16 bits per heavy atom. The highest BCUT2D eigenvalue weighted by Gasteiger charge is 2.49. The number of rotatable bonds is 3. The van der Waals surface area contributed by atoms with E-state index in [-0.39, 0.29) is 29.1 Å². The Morgan fingerprint density at radius 2 is 1.88 bits per heavy atom. The Morgan fingerprint density at radius 3 is 2.56 bits per heavy atom. The van der Waals surface area contributed by atoms with E-state index in [0.717, 1.165) is 30.8 Å². The summed E-state index contributed by atoms with van der Waals surface area (Å²) in [6.07, 6.45) is 2.96. The molecule has 1 aliphatic carbocycles. The van der Waals surface area contributed by atoms with Crippen LogP contribution in [0.5, 0.6) is 0 Å². The molecule has 1 saturated carbocycles. The van der Waals surface area contributed by atoms with Gasteiger partial charge in [0.15, 0.2) is 0 Å². The summed E-state index contributed by atoms with van der Waals surface area (Å²) in [4.78, 5) is 27.2. The molecule has 3 rings (SSSR count). The smallest absolute Gasteiger partial charge is 0.228 e. The Bertz CT molecular complexity index is 662. The van der Waals surface area contributed by atoms with Crippen LogP contribution in [0, 0.1) is 17.8 Å². The van der Waals surface area contributed by atoms with E-state index < -0.39 is 0 Å². The summed E-state index contributed by atoms with van der Waals surface area (Å²) >= 11 is 0. The van der Waals surface area contributed by atoms with Gasteiger partial charge in [-0.1, -0.05) is 45.9 Å². The molecule has 0 radical (unpaired) electrons. The number of piperidine rings is 1. The zero-order valence-electron chi connectivity index (χ0n) is 15.8. The first-order valence-corrected chi connectivity index (χ1v) is 9.46. The molecule has 1 N–H and O–H groups in total. The minimum Gasteiger partial charge on any atom is -0.342 e. The van der Waals surface area contributed by atoms with E-state index in [0.29, 0.717) is 12.3 Å². The number of para-hydroxylation sites is 1. The Hall–Kier alpha value is -1.84. The molecule has 2 amide bonds. The third kappa shape index (κ3) is 4.05. The molecule has 136 valence electrons. The maximum absolute atomic E-state index is 12.6. The SMILES string of the molecule is CC1CCCN(C(=O)C2CC2C(=O)Nc2ccccc2C(C)(C)C)C1. The maximum Gasteiger partial charge on any atom is 0.228 e. The van der Waals surface area contributed by atoms with Gasteiger partial charge in [-0.2, -0.15) is 0 Å². The molecule has 25 heavy (non-hydrogen) atoms. The first-order valence-electron chi connectivity index (χ1n) is 9.46. The predicted octanol–water partition coefficient (Wildman–Crippen LogP) is 3.82. The van der Waals surface area contributed by atoms with Crippen LogP contribution in [0.3, 0.4) is 0 Å². The van der Waals surface area contributed by atoms with Crippen LogP contribution in [0.4, 0.5) is 5.69 Å². The quantitative estimate of drug-likeness (QED) is 0.908. The lowest BCUT2D eigenvalue weighted by molar-refractivity contribution is -0.135. The van der Waals surface area contributed by atoms with Gasteiger partial charge in [-0.05, 0) is 42.2 Å². The highest BCUT2D eigenvalue weighted by atomic mass is 16.2. The van der Waals surface area contributed by atoms with E-state index in [9.17, 15) is 9.59 Å². The van der Waals surface area contributed by atoms with Crippen molar-refractivity contribution in [3.8, 4) is 0 Å². The largest absolute Gasteiger partial charge is 0.342 e. The fourth-order valence-electron chi connectivity index (χ4n) is 3.85. The van der Waals surface area contributed by atoms with Crippen LogP contribution < -0.4 is 5.32 Å². The molecule has 2 fully saturated rings. The number of amides is 2. The van der Waals surface area contributed by atoms with Gasteiger partial charge in [0, 0.05) is 18.8 Å². The lowest BCUT2D eigenvalue weighted by Crippen LogP contribution is -2.40. The number of anilines is 1. The zero-order chi connectivity index (χ0) is 18.2. The molecule has 1 heterocycles. The van der Waals surface area contributed by atoms with E-state index in [1.54, 1.807) is 0 Å². The van der Waals surface area contributed by atoms with Gasteiger partial charge in [0.25, 0.3) is 0 Å². The predicted molar refractivity (Wildman–Crippen MR) is 100 cm³/mol. The van der Waals surface area contributed by atoms with Crippen molar-refractivity contribution in [3.05, 3.63) is 29.8 Å². The Balaban J connectivity index is 1.62. The standard InChI is InChI=1S/C21H30N2O2/c1-14-8-7-11-23(13-14)20(25)16-12-15(16)19(24)22-18-10-6-5-9-17(18)21(2,3)4/h5-6,9-10,14-16H,7-8,11-13H2,1-4H3,(H,22,24). The van der Waals surface area contributed by atoms with Gasteiger partial charge in [0.1, 0.15) is 0 Å².